The maximum atomic E-state index is 10.4. The van der Waals surface area contributed by atoms with E-state index in [1.54, 1.807) is 0 Å². The van der Waals surface area contributed by atoms with Crippen molar-refractivity contribution in [3.05, 3.63) is 0 Å². The maximum Gasteiger partial charge on any atom is 0.313 e. The Morgan fingerprint density at radius 3 is 3.00 bits per heavy atom. The molecule has 1 aliphatic heterocycles. The summed E-state index contributed by atoms with van der Waals surface area (Å²) in [6, 6.07) is 0.383. The largest absolute Gasteiger partial charge is 0.481 e. The number of nitrogens with zero attached hydrogens (tertiary/aromatic N) is 2. The molecule has 2 rings (SSSR count). The smallest absolute Gasteiger partial charge is 0.313 e. The third kappa shape index (κ3) is 4.14. The number of nitrogens with one attached hydrogen (secondary N) is 1. The highest BCUT2D eigenvalue weighted by molar-refractivity contribution is 8.01. The average molecular weight is 275 g/mol. The van der Waals surface area contributed by atoms with E-state index in [-0.39, 0.29) is 5.75 Å². The van der Waals surface area contributed by atoms with Gasteiger partial charge in [0.25, 0.3) is 0 Å². The summed E-state index contributed by atoms with van der Waals surface area (Å²) in [7, 11) is 0. The van der Waals surface area contributed by atoms with Crippen molar-refractivity contribution in [1.82, 2.24) is 10.2 Å². The van der Waals surface area contributed by atoms with Gasteiger partial charge < -0.3 is 15.2 Å². The summed E-state index contributed by atoms with van der Waals surface area (Å²) in [6.07, 6.45) is 1.94. The lowest BCUT2D eigenvalue weighted by Crippen LogP contribution is -2.27. The first kappa shape index (κ1) is 12.6. The monoisotopic (exact) mass is 275 g/mol. The standard InChI is InChI=1S/C9H13N3O3S2/c13-7(14)5-16-9-12-11-8(17-9)10-6-1-3-15-4-2-6/h6H,1-5H2,(H,10,11)(H,13,14). The SMILES string of the molecule is O=C(O)CSc1nnc(NC2CCOCC2)s1. The van der Waals surface area contributed by atoms with Crippen molar-refractivity contribution in [1.29, 1.82) is 0 Å². The summed E-state index contributed by atoms with van der Waals surface area (Å²) in [4.78, 5) is 10.4. The molecule has 1 fully saturated rings. The maximum absolute atomic E-state index is 10.4. The molecule has 0 aromatic carbocycles. The number of carboxylic acid groups (broad SMARTS) is 1. The molecular formula is C9H13N3O3S2. The van der Waals surface area contributed by atoms with E-state index in [1.165, 1.54) is 23.1 Å². The second kappa shape index (κ2) is 6.18. The number of rotatable bonds is 5. The Kier molecular flexibility index (Phi) is 4.57. The first-order valence-corrected chi connectivity index (χ1v) is 7.06. The number of hydrogen-bond donors (Lipinski definition) is 2. The van der Waals surface area contributed by atoms with Crippen LogP contribution < -0.4 is 5.32 Å². The van der Waals surface area contributed by atoms with Gasteiger partial charge in [-0.15, -0.1) is 10.2 Å². The lowest BCUT2D eigenvalue weighted by molar-refractivity contribution is -0.133. The molecule has 0 amide bonds. The average Bonchev–Trinajstić information content (AvgIpc) is 2.75. The summed E-state index contributed by atoms with van der Waals surface area (Å²) in [5, 5.41) is 20.5. The molecule has 0 radical (unpaired) electrons. The summed E-state index contributed by atoms with van der Waals surface area (Å²) in [5.74, 6) is -0.824. The van der Waals surface area contributed by atoms with Gasteiger partial charge in [0.15, 0.2) is 4.34 Å². The van der Waals surface area contributed by atoms with E-state index >= 15 is 0 Å². The van der Waals surface area contributed by atoms with Gasteiger partial charge in [0.1, 0.15) is 0 Å². The van der Waals surface area contributed by atoms with Crippen LogP contribution in [0, 0.1) is 0 Å². The summed E-state index contributed by atoms with van der Waals surface area (Å²) in [5.41, 5.74) is 0. The fraction of sp³-hybridized carbons (Fsp3) is 0.667. The molecule has 1 aromatic heterocycles. The number of carbonyl (C=O) groups is 1. The number of aromatic nitrogens is 2. The van der Waals surface area contributed by atoms with E-state index in [1.807, 2.05) is 0 Å². The molecule has 1 aromatic rings. The number of carboxylic acids is 1. The molecule has 0 bridgehead atoms. The highest BCUT2D eigenvalue weighted by Crippen LogP contribution is 2.26. The summed E-state index contributed by atoms with van der Waals surface area (Å²) < 4.78 is 5.95. The van der Waals surface area contributed by atoms with Crippen molar-refractivity contribution >= 4 is 34.2 Å². The summed E-state index contributed by atoms with van der Waals surface area (Å²) in [6.45, 7) is 1.55. The van der Waals surface area contributed by atoms with Crippen molar-refractivity contribution in [3.63, 3.8) is 0 Å². The number of hydrogen-bond acceptors (Lipinski definition) is 7. The van der Waals surface area contributed by atoms with Crippen molar-refractivity contribution in [2.24, 2.45) is 0 Å². The number of thioether (sulfide) groups is 1. The Bertz CT molecular complexity index is 379. The predicted octanol–water partition coefficient (Wildman–Crippen LogP) is 1.31. The molecule has 0 saturated carbocycles. The van der Waals surface area contributed by atoms with Crippen molar-refractivity contribution in [2.75, 3.05) is 24.3 Å². The van der Waals surface area contributed by atoms with Crippen LogP contribution >= 0.6 is 23.1 Å². The van der Waals surface area contributed by atoms with Gasteiger partial charge in [0.2, 0.25) is 5.13 Å². The van der Waals surface area contributed by atoms with E-state index < -0.39 is 5.97 Å². The van der Waals surface area contributed by atoms with Gasteiger partial charge in [0.05, 0.1) is 5.75 Å². The predicted molar refractivity (Wildman–Crippen MR) is 65.7 cm³/mol. The zero-order chi connectivity index (χ0) is 12.1. The minimum Gasteiger partial charge on any atom is -0.481 e. The quantitative estimate of drug-likeness (QED) is 0.784. The van der Waals surface area contributed by atoms with Crippen LogP contribution in [0.25, 0.3) is 0 Å². The molecule has 6 nitrogen and oxygen atoms in total. The fourth-order valence-electron chi connectivity index (χ4n) is 1.47. The van der Waals surface area contributed by atoms with Gasteiger partial charge in [-0.3, -0.25) is 4.79 Å². The van der Waals surface area contributed by atoms with Gasteiger partial charge >= 0.3 is 5.97 Å². The number of anilines is 1. The van der Waals surface area contributed by atoms with Crippen LogP contribution in [0.4, 0.5) is 5.13 Å². The molecular weight excluding hydrogens is 262 g/mol. The van der Waals surface area contributed by atoms with E-state index in [9.17, 15) is 4.79 Å². The van der Waals surface area contributed by atoms with Gasteiger partial charge in [-0.1, -0.05) is 23.1 Å². The number of ether oxygens (including phenoxy) is 1. The molecule has 0 unspecified atom stereocenters. The molecule has 0 atom stereocenters. The third-order valence-corrected chi connectivity index (χ3v) is 4.25. The Labute approximate surface area is 107 Å². The summed E-state index contributed by atoms with van der Waals surface area (Å²) >= 11 is 2.59. The van der Waals surface area contributed by atoms with Crippen LogP contribution in [0.1, 0.15) is 12.8 Å². The molecule has 1 saturated heterocycles. The second-order valence-corrected chi connectivity index (χ2v) is 5.79. The van der Waals surface area contributed by atoms with Gasteiger partial charge in [-0.25, -0.2) is 0 Å². The molecule has 94 valence electrons. The second-order valence-electron chi connectivity index (χ2n) is 3.59. The highest BCUT2D eigenvalue weighted by Gasteiger charge is 2.15. The Balaban J connectivity index is 1.82. The van der Waals surface area contributed by atoms with E-state index in [0.717, 1.165) is 31.2 Å². The lowest BCUT2D eigenvalue weighted by atomic mass is 10.1. The third-order valence-electron chi connectivity index (χ3n) is 2.27. The van der Waals surface area contributed by atoms with Crippen LogP contribution in [-0.4, -0.2) is 46.3 Å². The van der Waals surface area contributed by atoms with Crippen molar-refractivity contribution in [3.8, 4) is 0 Å². The highest BCUT2D eigenvalue weighted by atomic mass is 32.2. The van der Waals surface area contributed by atoms with Crippen LogP contribution in [0.3, 0.4) is 0 Å². The zero-order valence-electron chi connectivity index (χ0n) is 9.09. The zero-order valence-corrected chi connectivity index (χ0v) is 10.7. The molecule has 8 heteroatoms. The minimum absolute atomic E-state index is 0.0197. The van der Waals surface area contributed by atoms with Crippen LogP contribution in [0.15, 0.2) is 4.34 Å². The van der Waals surface area contributed by atoms with Crippen molar-refractivity contribution in [2.45, 2.75) is 23.2 Å². The molecule has 2 heterocycles. The molecule has 1 aliphatic rings. The Morgan fingerprint density at radius 2 is 2.29 bits per heavy atom. The Hall–Kier alpha value is -0.860. The van der Waals surface area contributed by atoms with Gasteiger partial charge in [-0.05, 0) is 12.8 Å². The van der Waals surface area contributed by atoms with E-state index in [4.69, 9.17) is 9.84 Å². The minimum atomic E-state index is -0.843. The normalized spacial score (nSPS) is 16.9. The van der Waals surface area contributed by atoms with Gasteiger partial charge in [0, 0.05) is 19.3 Å². The Morgan fingerprint density at radius 1 is 1.53 bits per heavy atom. The lowest BCUT2D eigenvalue weighted by Gasteiger charge is -2.22. The van der Waals surface area contributed by atoms with Crippen molar-refractivity contribution < 1.29 is 14.6 Å². The first-order valence-electron chi connectivity index (χ1n) is 5.26. The number of aliphatic carboxylic acids is 1. The van der Waals surface area contributed by atoms with E-state index in [2.05, 4.69) is 15.5 Å². The van der Waals surface area contributed by atoms with Gasteiger partial charge in [-0.2, -0.15) is 0 Å². The van der Waals surface area contributed by atoms with Crippen LogP contribution in [-0.2, 0) is 9.53 Å². The molecule has 0 aliphatic carbocycles. The first-order chi connectivity index (χ1) is 8.24. The molecule has 0 spiro atoms. The van der Waals surface area contributed by atoms with Crippen LogP contribution in [0.5, 0.6) is 0 Å². The van der Waals surface area contributed by atoms with Crippen LogP contribution in [0.2, 0.25) is 0 Å². The van der Waals surface area contributed by atoms with E-state index in [0.29, 0.717) is 10.4 Å². The fourth-order valence-corrected chi connectivity index (χ4v) is 3.02. The topological polar surface area (TPSA) is 84.3 Å². The molecule has 2 N–H and O–H groups in total. The molecule has 17 heavy (non-hydrogen) atoms.